The summed E-state index contributed by atoms with van der Waals surface area (Å²) in [5.74, 6) is 0.621. The van der Waals surface area contributed by atoms with Crippen LogP contribution in [0.15, 0.2) is 47.0 Å². The maximum atomic E-state index is 12.7. The summed E-state index contributed by atoms with van der Waals surface area (Å²) in [6, 6.07) is 13.3. The molecule has 24 heavy (non-hydrogen) atoms. The van der Waals surface area contributed by atoms with Crippen LogP contribution in [0.4, 0.5) is 5.69 Å². The number of benzene rings is 2. The SMILES string of the molecule is CCOc1ccccc1N(C)C(=O)Cc1noc2ccc(C)cc12. The molecule has 0 bridgehead atoms. The maximum absolute atomic E-state index is 12.7. The molecule has 3 rings (SSSR count). The second-order valence-corrected chi connectivity index (χ2v) is 5.66. The van der Waals surface area contributed by atoms with Gasteiger partial charge in [0, 0.05) is 12.4 Å². The molecule has 0 saturated heterocycles. The van der Waals surface area contributed by atoms with Gasteiger partial charge in [-0.1, -0.05) is 28.9 Å². The molecule has 3 aromatic rings. The zero-order valence-corrected chi connectivity index (χ0v) is 14.1. The Hall–Kier alpha value is -2.82. The molecular formula is C19H20N2O3. The van der Waals surface area contributed by atoms with Crippen LogP contribution in [0.2, 0.25) is 0 Å². The van der Waals surface area contributed by atoms with Crippen LogP contribution in [0.1, 0.15) is 18.2 Å². The van der Waals surface area contributed by atoms with Gasteiger partial charge in [0.25, 0.3) is 0 Å². The predicted molar refractivity (Wildman–Crippen MR) is 93.5 cm³/mol. The number of aromatic nitrogens is 1. The highest BCUT2D eigenvalue weighted by Crippen LogP contribution is 2.28. The fraction of sp³-hybridized carbons (Fsp3) is 0.263. The number of fused-ring (bicyclic) bond motifs is 1. The summed E-state index contributed by atoms with van der Waals surface area (Å²) in [5.41, 5.74) is 3.20. The third kappa shape index (κ3) is 3.11. The number of rotatable bonds is 5. The molecule has 0 saturated carbocycles. The second-order valence-electron chi connectivity index (χ2n) is 5.66. The third-order valence-corrected chi connectivity index (χ3v) is 3.92. The molecule has 0 unspecified atom stereocenters. The van der Waals surface area contributed by atoms with Crippen molar-refractivity contribution >= 4 is 22.6 Å². The summed E-state index contributed by atoms with van der Waals surface area (Å²) in [4.78, 5) is 14.3. The van der Waals surface area contributed by atoms with Crippen molar-refractivity contribution < 1.29 is 14.1 Å². The van der Waals surface area contributed by atoms with Crippen molar-refractivity contribution in [3.63, 3.8) is 0 Å². The van der Waals surface area contributed by atoms with Gasteiger partial charge in [-0.15, -0.1) is 0 Å². The number of carbonyl (C=O) groups is 1. The molecule has 124 valence electrons. The Labute approximate surface area is 140 Å². The highest BCUT2D eigenvalue weighted by molar-refractivity contribution is 5.97. The Morgan fingerprint density at radius 2 is 2.04 bits per heavy atom. The van der Waals surface area contributed by atoms with E-state index < -0.39 is 0 Å². The molecule has 0 radical (unpaired) electrons. The van der Waals surface area contributed by atoms with E-state index in [9.17, 15) is 4.79 Å². The first-order valence-electron chi connectivity index (χ1n) is 7.93. The highest BCUT2D eigenvalue weighted by atomic mass is 16.5. The predicted octanol–water partition coefficient (Wildman–Crippen LogP) is 3.74. The average molecular weight is 324 g/mol. The summed E-state index contributed by atoms with van der Waals surface area (Å²) in [6.07, 6.45) is 0.174. The van der Waals surface area contributed by atoms with Crippen LogP contribution < -0.4 is 9.64 Å². The van der Waals surface area contributed by atoms with Gasteiger partial charge in [0.05, 0.1) is 18.7 Å². The molecule has 5 nitrogen and oxygen atoms in total. The van der Waals surface area contributed by atoms with Crippen molar-refractivity contribution in [3.05, 3.63) is 53.7 Å². The monoisotopic (exact) mass is 324 g/mol. The number of nitrogens with zero attached hydrogens (tertiary/aromatic N) is 2. The van der Waals surface area contributed by atoms with Gasteiger partial charge in [-0.25, -0.2) is 0 Å². The van der Waals surface area contributed by atoms with E-state index in [1.165, 1.54) is 0 Å². The van der Waals surface area contributed by atoms with Crippen LogP contribution in [0.3, 0.4) is 0 Å². The van der Waals surface area contributed by atoms with Gasteiger partial charge in [-0.05, 0) is 38.1 Å². The molecule has 0 fully saturated rings. The Morgan fingerprint density at radius 3 is 2.83 bits per heavy atom. The molecule has 5 heteroatoms. The standard InChI is InChI=1S/C19H20N2O3/c1-4-23-18-8-6-5-7-16(18)21(3)19(22)12-15-14-11-13(2)9-10-17(14)24-20-15/h5-11H,4,12H2,1-3H3. The lowest BCUT2D eigenvalue weighted by Gasteiger charge is -2.20. The van der Waals surface area contributed by atoms with Gasteiger partial charge in [0.15, 0.2) is 5.58 Å². The number of likely N-dealkylation sites (N-methyl/N-ethyl adjacent to an activating group) is 1. The summed E-state index contributed by atoms with van der Waals surface area (Å²) in [6.45, 7) is 4.47. The molecule has 0 aliphatic rings. The van der Waals surface area contributed by atoms with Gasteiger partial charge in [0.2, 0.25) is 5.91 Å². The molecule has 0 aliphatic heterocycles. The largest absolute Gasteiger partial charge is 0.492 e. The molecule has 1 heterocycles. The zero-order valence-electron chi connectivity index (χ0n) is 14.1. The molecule has 1 aromatic heterocycles. The van der Waals surface area contributed by atoms with Crippen molar-refractivity contribution in [2.75, 3.05) is 18.6 Å². The molecule has 1 amide bonds. The van der Waals surface area contributed by atoms with Crippen LogP contribution >= 0.6 is 0 Å². The normalized spacial score (nSPS) is 10.8. The molecule has 0 spiro atoms. The van der Waals surface area contributed by atoms with Crippen LogP contribution in [-0.4, -0.2) is 24.7 Å². The van der Waals surface area contributed by atoms with E-state index in [2.05, 4.69) is 5.16 Å². The van der Waals surface area contributed by atoms with Crippen LogP contribution in [0, 0.1) is 6.92 Å². The minimum absolute atomic E-state index is 0.0705. The average Bonchev–Trinajstić information content (AvgIpc) is 2.97. The topological polar surface area (TPSA) is 55.6 Å². The number of aryl methyl sites for hydroxylation is 1. The van der Waals surface area contributed by atoms with Crippen molar-refractivity contribution in [2.24, 2.45) is 0 Å². The first-order chi connectivity index (χ1) is 11.6. The quantitative estimate of drug-likeness (QED) is 0.717. The maximum Gasteiger partial charge on any atom is 0.233 e. The van der Waals surface area contributed by atoms with Gasteiger partial charge in [0.1, 0.15) is 11.4 Å². The molecule has 0 atom stereocenters. The lowest BCUT2D eigenvalue weighted by Crippen LogP contribution is -2.28. The van der Waals surface area contributed by atoms with Crippen molar-refractivity contribution in [3.8, 4) is 5.75 Å². The first kappa shape index (κ1) is 16.1. The number of ether oxygens (including phenoxy) is 1. The van der Waals surface area contributed by atoms with Crippen molar-refractivity contribution in [2.45, 2.75) is 20.3 Å². The van der Waals surface area contributed by atoms with E-state index in [4.69, 9.17) is 9.26 Å². The Balaban J connectivity index is 1.85. The number of para-hydroxylation sites is 2. The number of amides is 1. The van der Waals surface area contributed by atoms with E-state index in [0.29, 0.717) is 23.6 Å². The zero-order chi connectivity index (χ0) is 17.1. The first-order valence-corrected chi connectivity index (χ1v) is 7.93. The van der Waals surface area contributed by atoms with Gasteiger partial charge < -0.3 is 14.2 Å². The highest BCUT2D eigenvalue weighted by Gasteiger charge is 2.19. The summed E-state index contributed by atoms with van der Waals surface area (Å²) < 4.78 is 10.9. The van der Waals surface area contributed by atoms with Crippen LogP contribution in [0.5, 0.6) is 5.75 Å². The van der Waals surface area contributed by atoms with Crippen molar-refractivity contribution in [1.82, 2.24) is 5.16 Å². The minimum atomic E-state index is -0.0705. The number of carbonyl (C=O) groups excluding carboxylic acids is 1. The molecule has 2 aromatic carbocycles. The fourth-order valence-corrected chi connectivity index (χ4v) is 2.64. The van der Waals surface area contributed by atoms with E-state index in [0.717, 1.165) is 16.6 Å². The van der Waals surface area contributed by atoms with E-state index in [1.54, 1.807) is 11.9 Å². The summed E-state index contributed by atoms with van der Waals surface area (Å²) >= 11 is 0. The van der Waals surface area contributed by atoms with E-state index in [-0.39, 0.29) is 12.3 Å². The van der Waals surface area contributed by atoms with Gasteiger partial charge in [-0.3, -0.25) is 4.79 Å². The Bertz CT molecular complexity index is 870. The summed E-state index contributed by atoms with van der Waals surface area (Å²) in [7, 11) is 1.74. The lowest BCUT2D eigenvalue weighted by molar-refractivity contribution is -0.117. The van der Waals surface area contributed by atoms with Crippen LogP contribution in [0.25, 0.3) is 11.0 Å². The number of hydrogen-bond acceptors (Lipinski definition) is 4. The second kappa shape index (κ2) is 6.74. The van der Waals surface area contributed by atoms with Gasteiger partial charge >= 0.3 is 0 Å². The fourth-order valence-electron chi connectivity index (χ4n) is 2.64. The smallest absolute Gasteiger partial charge is 0.233 e. The minimum Gasteiger partial charge on any atom is -0.492 e. The van der Waals surface area contributed by atoms with E-state index >= 15 is 0 Å². The molecular weight excluding hydrogens is 304 g/mol. The lowest BCUT2D eigenvalue weighted by atomic mass is 10.1. The Kier molecular flexibility index (Phi) is 4.51. The Morgan fingerprint density at radius 1 is 1.25 bits per heavy atom. The molecule has 0 N–H and O–H groups in total. The van der Waals surface area contributed by atoms with Gasteiger partial charge in [-0.2, -0.15) is 0 Å². The number of anilines is 1. The molecule has 0 aliphatic carbocycles. The van der Waals surface area contributed by atoms with Crippen LogP contribution in [-0.2, 0) is 11.2 Å². The number of hydrogen-bond donors (Lipinski definition) is 0. The third-order valence-electron chi connectivity index (χ3n) is 3.92. The summed E-state index contributed by atoms with van der Waals surface area (Å²) in [5, 5.41) is 4.94. The van der Waals surface area contributed by atoms with E-state index in [1.807, 2.05) is 56.3 Å². The van der Waals surface area contributed by atoms with Crippen molar-refractivity contribution in [1.29, 1.82) is 0 Å².